The van der Waals surface area contributed by atoms with Gasteiger partial charge < -0.3 is 14.8 Å². The molecule has 2 rings (SSSR count). The summed E-state index contributed by atoms with van der Waals surface area (Å²) in [4.78, 5) is 23.9. The van der Waals surface area contributed by atoms with Crippen LogP contribution >= 0.6 is 11.3 Å². The first-order chi connectivity index (χ1) is 11.3. The number of carbonyl (C=O) groups excluding carboxylic acids is 2. The zero-order valence-corrected chi connectivity index (χ0v) is 13.5. The van der Waals surface area contributed by atoms with E-state index in [1.165, 1.54) is 11.3 Å². The van der Waals surface area contributed by atoms with Crippen molar-refractivity contribution in [1.82, 2.24) is 5.32 Å². The molecule has 0 fully saturated rings. The van der Waals surface area contributed by atoms with Crippen LogP contribution in [0.4, 0.5) is 0 Å². The third kappa shape index (κ3) is 6.52. The maximum Gasteiger partial charge on any atom is 0.305 e. The van der Waals surface area contributed by atoms with Gasteiger partial charge in [0, 0.05) is 13.0 Å². The molecule has 0 aliphatic rings. The quantitative estimate of drug-likeness (QED) is 0.566. The highest BCUT2D eigenvalue weighted by atomic mass is 32.1. The van der Waals surface area contributed by atoms with Gasteiger partial charge in [-0.1, -0.05) is 24.3 Å². The van der Waals surface area contributed by atoms with Crippen molar-refractivity contribution in [1.29, 1.82) is 0 Å². The summed E-state index contributed by atoms with van der Waals surface area (Å²) in [6, 6.07) is 13.0. The molecule has 2 aromatic rings. The smallest absolute Gasteiger partial charge is 0.305 e. The van der Waals surface area contributed by atoms with E-state index in [0.717, 1.165) is 5.75 Å². The number of esters is 1. The molecule has 1 aromatic heterocycles. The zero-order chi connectivity index (χ0) is 16.3. The van der Waals surface area contributed by atoms with Gasteiger partial charge >= 0.3 is 5.97 Å². The first-order valence-corrected chi connectivity index (χ1v) is 8.29. The van der Waals surface area contributed by atoms with Gasteiger partial charge in [0.15, 0.2) is 0 Å². The standard InChI is InChI=1S/C17H19NO4S/c19-16(22-12-11-21-14-6-2-1-3-7-14)9-4-10-18-17(20)15-8-5-13-23-15/h1-3,5-8,13H,4,9-12H2,(H,18,20). The van der Waals surface area contributed by atoms with Crippen LogP contribution < -0.4 is 10.1 Å². The van der Waals surface area contributed by atoms with E-state index in [0.29, 0.717) is 24.4 Å². The fraction of sp³-hybridized carbons (Fsp3) is 0.294. The summed E-state index contributed by atoms with van der Waals surface area (Å²) in [5, 5.41) is 4.62. The van der Waals surface area contributed by atoms with Gasteiger partial charge in [0.25, 0.3) is 5.91 Å². The average molecular weight is 333 g/mol. The normalized spacial score (nSPS) is 10.1. The Morgan fingerprint density at radius 2 is 1.87 bits per heavy atom. The van der Waals surface area contributed by atoms with Crippen molar-refractivity contribution in [2.45, 2.75) is 12.8 Å². The minimum Gasteiger partial charge on any atom is -0.490 e. The Bertz CT molecular complexity index is 598. The number of amides is 1. The molecule has 0 bridgehead atoms. The molecular weight excluding hydrogens is 314 g/mol. The van der Waals surface area contributed by atoms with Crippen LogP contribution in [0.15, 0.2) is 47.8 Å². The van der Waals surface area contributed by atoms with Crippen LogP contribution in [0.25, 0.3) is 0 Å². The molecule has 1 N–H and O–H groups in total. The maximum absolute atomic E-state index is 11.7. The highest BCUT2D eigenvalue weighted by Crippen LogP contribution is 2.08. The van der Waals surface area contributed by atoms with E-state index in [4.69, 9.17) is 9.47 Å². The Balaban J connectivity index is 1.49. The van der Waals surface area contributed by atoms with Gasteiger partial charge in [0.05, 0.1) is 4.88 Å². The van der Waals surface area contributed by atoms with E-state index in [1.807, 2.05) is 41.8 Å². The number of hydrogen-bond donors (Lipinski definition) is 1. The topological polar surface area (TPSA) is 64.6 Å². The lowest BCUT2D eigenvalue weighted by Gasteiger charge is -2.07. The molecule has 0 aliphatic carbocycles. The summed E-state index contributed by atoms with van der Waals surface area (Å²) in [6.45, 7) is 0.993. The molecule has 23 heavy (non-hydrogen) atoms. The van der Waals surface area contributed by atoms with E-state index in [9.17, 15) is 9.59 Å². The van der Waals surface area contributed by atoms with Crippen molar-refractivity contribution in [2.75, 3.05) is 19.8 Å². The number of rotatable bonds is 9. The second-order valence-electron chi connectivity index (χ2n) is 4.72. The van der Waals surface area contributed by atoms with Crippen LogP contribution in [-0.4, -0.2) is 31.6 Å². The highest BCUT2D eigenvalue weighted by molar-refractivity contribution is 7.12. The van der Waals surface area contributed by atoms with Gasteiger partial charge in [0.2, 0.25) is 0 Å². The van der Waals surface area contributed by atoms with Crippen molar-refractivity contribution in [2.24, 2.45) is 0 Å². The van der Waals surface area contributed by atoms with Crippen molar-refractivity contribution in [3.8, 4) is 5.75 Å². The van der Waals surface area contributed by atoms with Gasteiger partial charge in [-0.15, -0.1) is 11.3 Å². The first kappa shape index (κ1) is 17.0. The predicted molar refractivity (Wildman–Crippen MR) is 88.8 cm³/mol. The highest BCUT2D eigenvalue weighted by Gasteiger charge is 2.07. The van der Waals surface area contributed by atoms with Gasteiger partial charge in [0.1, 0.15) is 19.0 Å². The lowest BCUT2D eigenvalue weighted by atomic mass is 10.3. The number of ether oxygens (including phenoxy) is 2. The monoisotopic (exact) mass is 333 g/mol. The van der Waals surface area contributed by atoms with Crippen LogP contribution in [-0.2, 0) is 9.53 Å². The molecule has 122 valence electrons. The summed E-state index contributed by atoms with van der Waals surface area (Å²) in [6.07, 6.45) is 0.825. The molecule has 5 nitrogen and oxygen atoms in total. The molecule has 0 spiro atoms. The fourth-order valence-electron chi connectivity index (χ4n) is 1.83. The third-order valence-electron chi connectivity index (χ3n) is 2.95. The summed E-state index contributed by atoms with van der Waals surface area (Å²) < 4.78 is 10.5. The summed E-state index contributed by atoms with van der Waals surface area (Å²) >= 11 is 1.39. The summed E-state index contributed by atoms with van der Waals surface area (Å²) in [5.74, 6) is 0.358. The largest absolute Gasteiger partial charge is 0.490 e. The minimum absolute atomic E-state index is 0.107. The Labute approximate surface area is 139 Å². The van der Waals surface area contributed by atoms with Gasteiger partial charge in [-0.3, -0.25) is 9.59 Å². The molecule has 0 saturated carbocycles. The SMILES string of the molecule is O=C(CCCNC(=O)c1cccs1)OCCOc1ccccc1. The number of para-hydroxylation sites is 1. The molecular formula is C17H19NO4S. The Morgan fingerprint density at radius 1 is 1.04 bits per heavy atom. The van der Waals surface area contributed by atoms with E-state index in [2.05, 4.69) is 5.32 Å². The maximum atomic E-state index is 11.7. The van der Waals surface area contributed by atoms with E-state index >= 15 is 0 Å². The number of hydrogen-bond acceptors (Lipinski definition) is 5. The average Bonchev–Trinajstić information content (AvgIpc) is 3.11. The van der Waals surface area contributed by atoms with Crippen molar-refractivity contribution < 1.29 is 19.1 Å². The molecule has 0 radical (unpaired) electrons. The lowest BCUT2D eigenvalue weighted by Crippen LogP contribution is -2.24. The molecule has 0 saturated heterocycles. The molecule has 6 heteroatoms. The number of benzene rings is 1. The van der Waals surface area contributed by atoms with Gasteiger partial charge in [-0.2, -0.15) is 0 Å². The van der Waals surface area contributed by atoms with Gasteiger partial charge in [-0.25, -0.2) is 0 Å². The van der Waals surface area contributed by atoms with Crippen LogP contribution in [0.2, 0.25) is 0 Å². The van der Waals surface area contributed by atoms with E-state index in [-0.39, 0.29) is 24.9 Å². The first-order valence-electron chi connectivity index (χ1n) is 7.41. The van der Waals surface area contributed by atoms with Crippen molar-refractivity contribution >= 4 is 23.2 Å². The van der Waals surface area contributed by atoms with Crippen molar-refractivity contribution in [3.05, 3.63) is 52.7 Å². The number of thiophene rings is 1. The van der Waals surface area contributed by atoms with Crippen LogP contribution in [0, 0.1) is 0 Å². The molecule has 1 aromatic carbocycles. The van der Waals surface area contributed by atoms with Gasteiger partial charge in [-0.05, 0) is 30.0 Å². The molecule has 1 amide bonds. The molecule has 1 heterocycles. The third-order valence-corrected chi connectivity index (χ3v) is 3.82. The Kier molecular flexibility index (Phi) is 7.13. The fourth-order valence-corrected chi connectivity index (χ4v) is 2.47. The Hall–Kier alpha value is -2.34. The second-order valence-corrected chi connectivity index (χ2v) is 5.67. The van der Waals surface area contributed by atoms with Crippen LogP contribution in [0.3, 0.4) is 0 Å². The zero-order valence-electron chi connectivity index (χ0n) is 12.7. The number of carbonyl (C=O) groups is 2. The Morgan fingerprint density at radius 3 is 2.61 bits per heavy atom. The lowest BCUT2D eigenvalue weighted by molar-refractivity contribution is -0.144. The van der Waals surface area contributed by atoms with Crippen molar-refractivity contribution in [3.63, 3.8) is 0 Å². The summed E-state index contributed by atoms with van der Waals surface area (Å²) in [5.41, 5.74) is 0. The molecule has 0 atom stereocenters. The van der Waals surface area contributed by atoms with E-state index < -0.39 is 0 Å². The second kappa shape index (κ2) is 9.63. The molecule has 0 unspecified atom stereocenters. The van der Waals surface area contributed by atoms with E-state index in [1.54, 1.807) is 6.07 Å². The minimum atomic E-state index is -0.285. The van der Waals surface area contributed by atoms with Crippen LogP contribution in [0.5, 0.6) is 5.75 Å². The van der Waals surface area contributed by atoms with Crippen LogP contribution in [0.1, 0.15) is 22.5 Å². The molecule has 0 aliphatic heterocycles. The number of nitrogens with one attached hydrogen (secondary N) is 1. The summed E-state index contributed by atoms with van der Waals surface area (Å²) in [7, 11) is 0. The predicted octanol–water partition coefficient (Wildman–Crippen LogP) is 2.88.